The van der Waals surface area contributed by atoms with Gasteiger partial charge in [0.05, 0.1) is 6.10 Å². The van der Waals surface area contributed by atoms with Crippen LogP contribution in [0.5, 0.6) is 0 Å². The summed E-state index contributed by atoms with van der Waals surface area (Å²) in [5.41, 5.74) is 0. The van der Waals surface area contributed by atoms with E-state index < -0.39 is 0 Å². The molecular formula is C14H31N3O. The van der Waals surface area contributed by atoms with E-state index in [0.717, 1.165) is 26.1 Å². The van der Waals surface area contributed by atoms with Gasteiger partial charge in [0, 0.05) is 45.9 Å². The van der Waals surface area contributed by atoms with Crippen molar-refractivity contribution in [2.45, 2.75) is 33.3 Å². The lowest BCUT2D eigenvalue weighted by Gasteiger charge is -2.34. The highest BCUT2D eigenvalue weighted by atomic mass is 16.5. The molecule has 4 heteroatoms. The molecule has 1 fully saturated rings. The van der Waals surface area contributed by atoms with Crippen LogP contribution in [-0.2, 0) is 4.74 Å². The number of nitrogens with zero attached hydrogens (tertiary/aromatic N) is 2. The fourth-order valence-electron chi connectivity index (χ4n) is 2.21. The van der Waals surface area contributed by atoms with E-state index >= 15 is 0 Å². The van der Waals surface area contributed by atoms with Crippen molar-refractivity contribution in [2.24, 2.45) is 0 Å². The Morgan fingerprint density at radius 2 is 1.72 bits per heavy atom. The van der Waals surface area contributed by atoms with Crippen molar-refractivity contribution in [3.8, 4) is 0 Å². The lowest BCUT2D eigenvalue weighted by atomic mass is 10.3. The normalized spacial score (nSPS) is 18.7. The summed E-state index contributed by atoms with van der Waals surface area (Å²) < 4.78 is 5.51. The van der Waals surface area contributed by atoms with E-state index in [9.17, 15) is 0 Å². The molecule has 0 radical (unpaired) electrons. The van der Waals surface area contributed by atoms with Crippen LogP contribution >= 0.6 is 0 Å². The monoisotopic (exact) mass is 257 g/mol. The maximum Gasteiger partial charge on any atom is 0.0518 e. The van der Waals surface area contributed by atoms with E-state index in [4.69, 9.17) is 4.74 Å². The topological polar surface area (TPSA) is 27.7 Å². The van der Waals surface area contributed by atoms with E-state index in [2.05, 4.69) is 35.9 Å². The summed E-state index contributed by atoms with van der Waals surface area (Å²) in [6.07, 6.45) is 1.47. The van der Waals surface area contributed by atoms with Crippen molar-refractivity contribution < 1.29 is 4.74 Å². The first kappa shape index (κ1) is 15.9. The summed E-state index contributed by atoms with van der Waals surface area (Å²) in [5, 5.41) is 3.50. The summed E-state index contributed by atoms with van der Waals surface area (Å²) in [6.45, 7) is 16.8. The van der Waals surface area contributed by atoms with Crippen LogP contribution in [0.25, 0.3) is 0 Å². The van der Waals surface area contributed by atoms with Crippen molar-refractivity contribution >= 4 is 0 Å². The molecule has 0 aromatic rings. The molecule has 0 spiro atoms. The highest BCUT2D eigenvalue weighted by Crippen LogP contribution is 1.99. The molecule has 0 unspecified atom stereocenters. The van der Waals surface area contributed by atoms with Gasteiger partial charge in [-0.15, -0.1) is 0 Å². The van der Waals surface area contributed by atoms with Crippen LogP contribution in [0, 0.1) is 0 Å². The van der Waals surface area contributed by atoms with Gasteiger partial charge < -0.3 is 15.0 Å². The highest BCUT2D eigenvalue weighted by Gasteiger charge is 2.14. The number of piperazine rings is 1. The van der Waals surface area contributed by atoms with Crippen LogP contribution in [0.15, 0.2) is 0 Å². The van der Waals surface area contributed by atoms with Gasteiger partial charge in [0.25, 0.3) is 0 Å². The van der Waals surface area contributed by atoms with Gasteiger partial charge in [0.2, 0.25) is 0 Å². The van der Waals surface area contributed by atoms with Crippen LogP contribution < -0.4 is 5.32 Å². The summed E-state index contributed by atoms with van der Waals surface area (Å²) in [5.74, 6) is 0. The fraction of sp³-hybridized carbons (Fsp3) is 1.00. The maximum atomic E-state index is 5.51. The molecule has 0 amide bonds. The van der Waals surface area contributed by atoms with Gasteiger partial charge >= 0.3 is 0 Å². The Labute approximate surface area is 113 Å². The van der Waals surface area contributed by atoms with Crippen LogP contribution in [0.1, 0.15) is 27.2 Å². The minimum atomic E-state index is 0.361. The SMILES string of the molecule is CCN1CCN(CCNCCCOC(C)C)CC1. The van der Waals surface area contributed by atoms with Gasteiger partial charge in [-0.3, -0.25) is 4.90 Å². The van der Waals surface area contributed by atoms with E-state index in [-0.39, 0.29) is 0 Å². The second-order valence-electron chi connectivity index (χ2n) is 5.30. The van der Waals surface area contributed by atoms with Gasteiger partial charge in [-0.1, -0.05) is 6.92 Å². The Bertz CT molecular complexity index is 191. The third-order valence-corrected chi connectivity index (χ3v) is 3.47. The molecule has 1 aliphatic rings. The maximum absolute atomic E-state index is 5.51. The number of ether oxygens (including phenoxy) is 1. The number of rotatable bonds is 9. The lowest BCUT2D eigenvalue weighted by Crippen LogP contribution is -2.47. The van der Waals surface area contributed by atoms with Crippen LogP contribution in [0.4, 0.5) is 0 Å². The minimum absolute atomic E-state index is 0.361. The zero-order valence-electron chi connectivity index (χ0n) is 12.5. The molecule has 1 N–H and O–H groups in total. The molecule has 1 rings (SSSR count). The van der Waals surface area contributed by atoms with Crippen molar-refractivity contribution in [3.63, 3.8) is 0 Å². The average Bonchev–Trinajstić information content (AvgIpc) is 2.38. The summed E-state index contributed by atoms with van der Waals surface area (Å²) >= 11 is 0. The van der Waals surface area contributed by atoms with E-state index in [0.29, 0.717) is 6.10 Å². The fourth-order valence-corrected chi connectivity index (χ4v) is 2.21. The first-order valence-corrected chi connectivity index (χ1v) is 7.49. The van der Waals surface area contributed by atoms with Crippen LogP contribution in [0.2, 0.25) is 0 Å². The molecule has 1 aliphatic heterocycles. The molecule has 0 saturated carbocycles. The van der Waals surface area contributed by atoms with Gasteiger partial charge in [-0.25, -0.2) is 0 Å². The number of nitrogens with one attached hydrogen (secondary N) is 1. The average molecular weight is 257 g/mol. The third-order valence-electron chi connectivity index (χ3n) is 3.47. The Balaban J connectivity index is 1.86. The summed E-state index contributed by atoms with van der Waals surface area (Å²) in [4.78, 5) is 5.08. The van der Waals surface area contributed by atoms with Crippen LogP contribution in [-0.4, -0.2) is 74.9 Å². The van der Waals surface area contributed by atoms with Gasteiger partial charge in [0.1, 0.15) is 0 Å². The summed E-state index contributed by atoms with van der Waals surface area (Å²) in [7, 11) is 0. The van der Waals surface area contributed by atoms with Gasteiger partial charge in [0.15, 0.2) is 0 Å². The van der Waals surface area contributed by atoms with Crippen LogP contribution in [0.3, 0.4) is 0 Å². The van der Waals surface area contributed by atoms with E-state index in [1.165, 1.54) is 39.3 Å². The zero-order chi connectivity index (χ0) is 13.2. The number of likely N-dealkylation sites (N-methyl/N-ethyl adjacent to an activating group) is 1. The molecule has 4 nitrogen and oxygen atoms in total. The first-order chi connectivity index (χ1) is 8.72. The van der Waals surface area contributed by atoms with Crippen molar-refractivity contribution in [2.75, 3.05) is 59.0 Å². The molecule has 0 aliphatic carbocycles. The Hall–Kier alpha value is -0.160. The molecule has 0 aromatic heterocycles. The second-order valence-corrected chi connectivity index (χ2v) is 5.30. The number of hydrogen-bond acceptors (Lipinski definition) is 4. The Kier molecular flexibility index (Phi) is 8.59. The smallest absolute Gasteiger partial charge is 0.0518 e. The van der Waals surface area contributed by atoms with E-state index in [1.54, 1.807) is 0 Å². The zero-order valence-corrected chi connectivity index (χ0v) is 12.5. The minimum Gasteiger partial charge on any atom is -0.379 e. The largest absolute Gasteiger partial charge is 0.379 e. The number of hydrogen-bond donors (Lipinski definition) is 1. The summed E-state index contributed by atoms with van der Waals surface area (Å²) in [6, 6.07) is 0. The molecule has 108 valence electrons. The van der Waals surface area contributed by atoms with Crippen molar-refractivity contribution in [3.05, 3.63) is 0 Å². The highest BCUT2D eigenvalue weighted by molar-refractivity contribution is 4.71. The molecule has 0 aromatic carbocycles. The Morgan fingerprint density at radius 3 is 2.33 bits per heavy atom. The molecular weight excluding hydrogens is 226 g/mol. The third kappa shape index (κ3) is 7.31. The lowest BCUT2D eigenvalue weighted by molar-refractivity contribution is 0.0768. The molecule has 18 heavy (non-hydrogen) atoms. The van der Waals surface area contributed by atoms with Crippen molar-refractivity contribution in [1.29, 1.82) is 0 Å². The van der Waals surface area contributed by atoms with Gasteiger partial charge in [-0.2, -0.15) is 0 Å². The molecule has 1 saturated heterocycles. The predicted octanol–water partition coefficient (Wildman–Crippen LogP) is 1.03. The van der Waals surface area contributed by atoms with Crippen molar-refractivity contribution in [1.82, 2.24) is 15.1 Å². The molecule has 1 heterocycles. The predicted molar refractivity (Wildman–Crippen MR) is 77.1 cm³/mol. The molecule has 0 bridgehead atoms. The van der Waals surface area contributed by atoms with Gasteiger partial charge in [-0.05, 0) is 33.4 Å². The molecule has 0 atom stereocenters. The quantitative estimate of drug-likeness (QED) is 0.624. The van der Waals surface area contributed by atoms with E-state index in [1.807, 2.05) is 0 Å². The first-order valence-electron chi connectivity index (χ1n) is 7.49. The standard InChI is InChI=1S/C14H31N3O/c1-4-16-9-11-17(12-10-16)8-7-15-6-5-13-18-14(2)3/h14-15H,4-13H2,1-3H3. The Morgan fingerprint density at radius 1 is 1.06 bits per heavy atom. The second kappa shape index (κ2) is 9.73.